The average Bonchev–Trinajstić information content (AvgIpc) is 2.17. The van der Waals surface area contributed by atoms with Crippen molar-refractivity contribution in [2.75, 3.05) is 6.61 Å². The zero-order valence-corrected chi connectivity index (χ0v) is 8.89. The summed E-state index contributed by atoms with van der Waals surface area (Å²) in [4.78, 5) is 0. The predicted molar refractivity (Wildman–Crippen MR) is 55.8 cm³/mol. The summed E-state index contributed by atoms with van der Waals surface area (Å²) in [7, 11) is 0. The van der Waals surface area contributed by atoms with Gasteiger partial charge >= 0.3 is 0 Å². The molecule has 14 heavy (non-hydrogen) atoms. The van der Waals surface area contributed by atoms with Gasteiger partial charge in [-0.1, -0.05) is 26.2 Å². The minimum absolute atomic E-state index is 0.254. The summed E-state index contributed by atoms with van der Waals surface area (Å²) in [6.07, 6.45) is 2.71. The molecule has 0 saturated heterocycles. The van der Waals surface area contributed by atoms with Gasteiger partial charge in [0.2, 0.25) is 0 Å². The van der Waals surface area contributed by atoms with Crippen LogP contribution in [0.25, 0.3) is 0 Å². The Morgan fingerprint density at radius 3 is 2.36 bits per heavy atom. The molecule has 0 aliphatic carbocycles. The zero-order chi connectivity index (χ0) is 11.0. The Kier molecular flexibility index (Phi) is 8.08. The number of hydrogen-bond donors (Lipinski definition) is 4. The van der Waals surface area contributed by atoms with Crippen LogP contribution in [0.1, 0.15) is 39.0 Å². The van der Waals surface area contributed by atoms with Crippen molar-refractivity contribution in [2.24, 2.45) is 5.73 Å². The van der Waals surface area contributed by atoms with E-state index in [9.17, 15) is 5.11 Å². The van der Waals surface area contributed by atoms with Crippen LogP contribution in [0, 0.1) is 0 Å². The molecule has 5 N–H and O–H groups in total. The number of nitrogens with two attached hydrogens (primary N) is 1. The molecular weight excluding hydrogens is 182 g/mol. The third-order valence-corrected chi connectivity index (χ3v) is 2.35. The summed E-state index contributed by atoms with van der Waals surface area (Å²) >= 11 is 0. The summed E-state index contributed by atoms with van der Waals surface area (Å²) < 4.78 is 0. The highest BCUT2D eigenvalue weighted by molar-refractivity contribution is 4.74. The van der Waals surface area contributed by atoms with Crippen LogP contribution >= 0.6 is 0 Å². The van der Waals surface area contributed by atoms with Gasteiger partial charge in [0.1, 0.15) is 0 Å². The Balaban J connectivity index is 3.58. The first-order chi connectivity index (χ1) is 6.61. The van der Waals surface area contributed by atoms with E-state index in [0.717, 1.165) is 19.3 Å². The van der Waals surface area contributed by atoms with Crippen molar-refractivity contribution < 1.29 is 15.3 Å². The third kappa shape index (κ3) is 6.32. The van der Waals surface area contributed by atoms with E-state index in [4.69, 9.17) is 15.9 Å². The molecule has 4 nitrogen and oxygen atoms in total. The largest absolute Gasteiger partial charge is 0.394 e. The van der Waals surface area contributed by atoms with E-state index >= 15 is 0 Å². The maximum Gasteiger partial charge on any atom is 0.0786 e. The maximum absolute atomic E-state index is 9.57. The van der Waals surface area contributed by atoms with Crippen LogP contribution in [0.3, 0.4) is 0 Å². The molecule has 0 fully saturated rings. The van der Waals surface area contributed by atoms with Gasteiger partial charge in [0, 0.05) is 6.04 Å². The molecule has 0 amide bonds. The van der Waals surface area contributed by atoms with Crippen molar-refractivity contribution in [3.63, 3.8) is 0 Å². The smallest absolute Gasteiger partial charge is 0.0786 e. The van der Waals surface area contributed by atoms with Gasteiger partial charge in [-0.05, 0) is 12.8 Å². The first-order valence-corrected chi connectivity index (χ1v) is 5.34. The predicted octanol–water partition coefficient (Wildman–Crippen LogP) is -0.00180. The first kappa shape index (κ1) is 13.8. The van der Waals surface area contributed by atoms with Gasteiger partial charge in [-0.25, -0.2) is 0 Å². The van der Waals surface area contributed by atoms with Gasteiger partial charge in [-0.3, -0.25) is 0 Å². The van der Waals surface area contributed by atoms with Gasteiger partial charge in [-0.15, -0.1) is 0 Å². The Bertz CT molecular complexity index is 133. The Labute approximate surface area is 85.7 Å². The second kappa shape index (κ2) is 8.17. The zero-order valence-electron chi connectivity index (χ0n) is 8.89. The van der Waals surface area contributed by atoms with Crippen LogP contribution < -0.4 is 5.73 Å². The van der Waals surface area contributed by atoms with Crippen molar-refractivity contribution in [3.8, 4) is 0 Å². The van der Waals surface area contributed by atoms with E-state index in [1.54, 1.807) is 0 Å². The van der Waals surface area contributed by atoms with Crippen LogP contribution in [-0.2, 0) is 0 Å². The average molecular weight is 205 g/mol. The summed E-state index contributed by atoms with van der Waals surface area (Å²) in [5, 5.41) is 27.3. The normalized spacial score (nSPS) is 17.8. The fraction of sp³-hybridized carbons (Fsp3) is 1.00. The Morgan fingerprint density at radius 2 is 1.86 bits per heavy atom. The first-order valence-electron chi connectivity index (χ1n) is 5.34. The van der Waals surface area contributed by atoms with Crippen molar-refractivity contribution in [2.45, 2.75) is 57.3 Å². The van der Waals surface area contributed by atoms with Gasteiger partial charge < -0.3 is 21.1 Å². The lowest BCUT2D eigenvalue weighted by atomic mass is 10.00. The molecule has 0 aromatic carbocycles. The van der Waals surface area contributed by atoms with Gasteiger partial charge in [0.15, 0.2) is 0 Å². The highest BCUT2D eigenvalue weighted by Gasteiger charge is 2.17. The summed E-state index contributed by atoms with van der Waals surface area (Å²) in [5.41, 5.74) is 5.65. The highest BCUT2D eigenvalue weighted by atomic mass is 16.3. The van der Waals surface area contributed by atoms with Gasteiger partial charge in [-0.2, -0.15) is 0 Å². The number of aliphatic hydroxyl groups is 3. The standard InChI is InChI=1S/C10H23NO3/c1-2-3-4-5-10(14)9(11)6-8(13)7-12/h8-10,12-14H,2-7,11H2,1H3/t8?,9-,10-/m0/s1. The fourth-order valence-electron chi connectivity index (χ4n) is 1.36. The van der Waals surface area contributed by atoms with Crippen LogP contribution in [0.4, 0.5) is 0 Å². The van der Waals surface area contributed by atoms with Gasteiger partial charge in [0.25, 0.3) is 0 Å². The SMILES string of the molecule is CCCCC[C@H](O)[C@@H](N)CC(O)CO. The molecule has 4 heteroatoms. The van der Waals surface area contributed by atoms with Gasteiger partial charge in [0.05, 0.1) is 18.8 Å². The molecular formula is C10H23NO3. The molecule has 0 spiro atoms. The molecule has 86 valence electrons. The molecule has 0 aliphatic rings. The van der Waals surface area contributed by atoms with E-state index in [1.165, 1.54) is 0 Å². The summed E-state index contributed by atoms with van der Waals surface area (Å²) in [5.74, 6) is 0. The summed E-state index contributed by atoms with van der Waals surface area (Å²) in [6.45, 7) is 1.80. The van der Waals surface area contributed by atoms with Crippen molar-refractivity contribution in [3.05, 3.63) is 0 Å². The van der Waals surface area contributed by atoms with Crippen LogP contribution in [-0.4, -0.2) is 40.2 Å². The van der Waals surface area contributed by atoms with Crippen LogP contribution in [0.2, 0.25) is 0 Å². The molecule has 3 atom stereocenters. The molecule has 0 radical (unpaired) electrons. The lowest BCUT2D eigenvalue weighted by Gasteiger charge is -2.20. The van der Waals surface area contributed by atoms with E-state index < -0.39 is 18.2 Å². The quantitative estimate of drug-likeness (QED) is 0.420. The molecule has 0 aromatic rings. The highest BCUT2D eigenvalue weighted by Crippen LogP contribution is 2.09. The monoisotopic (exact) mass is 205 g/mol. The molecule has 0 rings (SSSR count). The summed E-state index contributed by atoms with van der Waals surface area (Å²) in [6, 6.07) is -0.436. The second-order valence-corrected chi connectivity index (χ2v) is 3.80. The Morgan fingerprint density at radius 1 is 1.21 bits per heavy atom. The fourth-order valence-corrected chi connectivity index (χ4v) is 1.36. The Hall–Kier alpha value is -0.160. The molecule has 0 aromatic heterocycles. The minimum Gasteiger partial charge on any atom is -0.394 e. The van der Waals surface area contributed by atoms with E-state index in [2.05, 4.69) is 6.92 Å². The van der Waals surface area contributed by atoms with Crippen molar-refractivity contribution in [1.82, 2.24) is 0 Å². The molecule has 0 heterocycles. The van der Waals surface area contributed by atoms with E-state index in [1.807, 2.05) is 0 Å². The number of unbranched alkanes of at least 4 members (excludes halogenated alkanes) is 2. The molecule has 1 unspecified atom stereocenters. The molecule has 0 bridgehead atoms. The van der Waals surface area contributed by atoms with Crippen molar-refractivity contribution >= 4 is 0 Å². The van der Waals surface area contributed by atoms with E-state index in [0.29, 0.717) is 6.42 Å². The maximum atomic E-state index is 9.57. The second-order valence-electron chi connectivity index (χ2n) is 3.80. The number of hydrogen-bond acceptors (Lipinski definition) is 4. The van der Waals surface area contributed by atoms with E-state index in [-0.39, 0.29) is 13.0 Å². The number of rotatable bonds is 8. The third-order valence-electron chi connectivity index (χ3n) is 2.35. The van der Waals surface area contributed by atoms with Crippen LogP contribution in [0.5, 0.6) is 0 Å². The minimum atomic E-state index is -0.814. The molecule has 0 aliphatic heterocycles. The van der Waals surface area contributed by atoms with Crippen LogP contribution in [0.15, 0.2) is 0 Å². The topological polar surface area (TPSA) is 86.7 Å². The molecule has 0 saturated carbocycles. The number of aliphatic hydroxyl groups excluding tert-OH is 3. The lowest BCUT2D eigenvalue weighted by Crippen LogP contribution is -2.38. The lowest BCUT2D eigenvalue weighted by molar-refractivity contribution is 0.0547. The van der Waals surface area contributed by atoms with Crippen molar-refractivity contribution in [1.29, 1.82) is 0 Å².